The summed E-state index contributed by atoms with van der Waals surface area (Å²) in [5.74, 6) is -2.57. The van der Waals surface area contributed by atoms with E-state index >= 15 is 0 Å². The number of anilines is 1. The molecule has 128 valence electrons. The fourth-order valence-corrected chi connectivity index (χ4v) is 2.86. The van der Waals surface area contributed by atoms with E-state index in [1.165, 1.54) is 0 Å². The molecule has 0 aliphatic heterocycles. The fraction of sp³-hybridized carbons (Fsp3) is 0.467. The molecule has 1 rings (SSSR count). The number of rotatable bonds is 7. The van der Waals surface area contributed by atoms with Crippen LogP contribution in [0.15, 0.2) is 23.1 Å². The van der Waals surface area contributed by atoms with E-state index < -0.39 is 32.9 Å². The monoisotopic (exact) mass is 345 g/mol. The Hall–Kier alpha value is -1.96. The second-order valence-corrected chi connectivity index (χ2v) is 7.45. The Labute approximate surface area is 134 Å². The van der Waals surface area contributed by atoms with Crippen molar-refractivity contribution in [3.05, 3.63) is 24.0 Å². The maximum atomic E-state index is 13.7. The van der Waals surface area contributed by atoms with Gasteiger partial charge in [0.25, 0.3) is 0 Å². The Morgan fingerprint density at radius 2 is 1.83 bits per heavy atom. The SMILES string of the molecule is CCC(CC)(CC(=O)Nc1cc(S(C)(=O)=O)ccc1F)C(=O)O. The number of sulfone groups is 1. The van der Waals surface area contributed by atoms with E-state index in [2.05, 4.69) is 5.32 Å². The Morgan fingerprint density at radius 1 is 1.26 bits per heavy atom. The average Bonchev–Trinajstić information content (AvgIpc) is 2.45. The van der Waals surface area contributed by atoms with Crippen LogP contribution in [-0.4, -0.2) is 31.7 Å². The third-order valence-electron chi connectivity index (χ3n) is 3.95. The van der Waals surface area contributed by atoms with E-state index in [-0.39, 0.29) is 29.8 Å². The van der Waals surface area contributed by atoms with Crippen LogP contribution in [0.2, 0.25) is 0 Å². The van der Waals surface area contributed by atoms with E-state index in [0.29, 0.717) is 0 Å². The topological polar surface area (TPSA) is 101 Å². The first kappa shape index (κ1) is 19.1. The quantitative estimate of drug-likeness (QED) is 0.739. The summed E-state index contributed by atoms with van der Waals surface area (Å²) in [6.45, 7) is 3.32. The number of carboxylic acids is 1. The third-order valence-corrected chi connectivity index (χ3v) is 5.06. The summed E-state index contributed by atoms with van der Waals surface area (Å²) in [4.78, 5) is 23.3. The fourth-order valence-electron chi connectivity index (χ4n) is 2.21. The van der Waals surface area contributed by atoms with E-state index in [1.807, 2.05) is 0 Å². The predicted octanol–water partition coefficient (Wildman–Crippen LogP) is 2.45. The molecule has 0 atom stereocenters. The first-order valence-corrected chi connectivity index (χ1v) is 8.97. The molecule has 8 heteroatoms. The van der Waals surface area contributed by atoms with Crippen molar-refractivity contribution in [1.82, 2.24) is 0 Å². The van der Waals surface area contributed by atoms with E-state index in [1.54, 1.807) is 13.8 Å². The van der Waals surface area contributed by atoms with Gasteiger partial charge in [0.1, 0.15) is 5.82 Å². The Morgan fingerprint density at radius 3 is 2.26 bits per heavy atom. The second-order valence-electron chi connectivity index (χ2n) is 5.43. The molecule has 0 aliphatic carbocycles. The summed E-state index contributed by atoms with van der Waals surface area (Å²) in [7, 11) is -3.55. The van der Waals surface area contributed by atoms with Crippen molar-refractivity contribution >= 4 is 27.4 Å². The molecule has 0 spiro atoms. The second kappa shape index (κ2) is 7.08. The minimum absolute atomic E-state index is 0.135. The molecule has 0 fully saturated rings. The minimum Gasteiger partial charge on any atom is -0.481 e. The first-order chi connectivity index (χ1) is 10.6. The lowest BCUT2D eigenvalue weighted by Gasteiger charge is -2.25. The number of halogens is 1. The number of carbonyl (C=O) groups is 2. The molecule has 1 aromatic carbocycles. The molecule has 0 aromatic heterocycles. The molecular formula is C15H20FNO5S. The smallest absolute Gasteiger partial charge is 0.310 e. The molecule has 6 nitrogen and oxygen atoms in total. The third kappa shape index (κ3) is 4.51. The van der Waals surface area contributed by atoms with Gasteiger partial charge < -0.3 is 10.4 Å². The normalized spacial score (nSPS) is 12.0. The van der Waals surface area contributed by atoms with Crippen molar-refractivity contribution in [3.63, 3.8) is 0 Å². The molecule has 0 aliphatic rings. The summed E-state index contributed by atoms with van der Waals surface area (Å²) in [6, 6.07) is 3.05. The summed E-state index contributed by atoms with van der Waals surface area (Å²) in [5, 5.41) is 11.6. The van der Waals surface area contributed by atoms with Gasteiger partial charge in [0.05, 0.1) is 16.0 Å². The van der Waals surface area contributed by atoms with E-state index in [9.17, 15) is 27.5 Å². The van der Waals surface area contributed by atoms with Crippen molar-refractivity contribution < 1.29 is 27.5 Å². The van der Waals surface area contributed by atoms with Crippen LogP contribution >= 0.6 is 0 Å². The number of carbonyl (C=O) groups excluding carboxylic acids is 1. The molecule has 1 aromatic rings. The number of carboxylic acid groups (broad SMARTS) is 1. The number of benzene rings is 1. The van der Waals surface area contributed by atoms with Crippen molar-refractivity contribution in [2.24, 2.45) is 5.41 Å². The zero-order chi connectivity index (χ0) is 17.8. The molecular weight excluding hydrogens is 325 g/mol. The maximum Gasteiger partial charge on any atom is 0.310 e. The lowest BCUT2D eigenvalue weighted by Crippen LogP contribution is -2.34. The number of aliphatic carboxylic acids is 1. The van der Waals surface area contributed by atoms with Crippen LogP contribution in [0, 0.1) is 11.2 Å². The highest BCUT2D eigenvalue weighted by molar-refractivity contribution is 7.90. The largest absolute Gasteiger partial charge is 0.481 e. The molecule has 0 bridgehead atoms. The van der Waals surface area contributed by atoms with Crippen LogP contribution in [0.25, 0.3) is 0 Å². The summed E-state index contributed by atoms with van der Waals surface area (Å²) in [5.41, 5.74) is -1.51. The van der Waals surface area contributed by atoms with Gasteiger partial charge in [0.15, 0.2) is 9.84 Å². The Kier molecular flexibility index (Phi) is 5.87. The number of amides is 1. The molecule has 23 heavy (non-hydrogen) atoms. The van der Waals surface area contributed by atoms with E-state index in [4.69, 9.17) is 0 Å². The van der Waals surface area contributed by atoms with Crippen molar-refractivity contribution in [2.75, 3.05) is 11.6 Å². The standard InChI is InChI=1S/C15H20FNO5S/c1-4-15(5-2,14(19)20)9-13(18)17-12-8-10(23(3,21)22)6-7-11(12)16/h6-8H,4-5,9H2,1-3H3,(H,17,18)(H,19,20). The minimum atomic E-state index is -3.55. The molecule has 0 saturated heterocycles. The van der Waals surface area contributed by atoms with Crippen molar-refractivity contribution in [1.29, 1.82) is 0 Å². The Bertz CT molecular complexity index is 711. The molecule has 2 N–H and O–H groups in total. The van der Waals surface area contributed by atoms with Gasteiger partial charge in [-0.2, -0.15) is 0 Å². The van der Waals surface area contributed by atoms with Gasteiger partial charge in [0, 0.05) is 12.7 Å². The number of hydrogen-bond donors (Lipinski definition) is 2. The first-order valence-electron chi connectivity index (χ1n) is 7.08. The molecule has 0 radical (unpaired) electrons. The van der Waals surface area contributed by atoms with Crippen LogP contribution in [0.1, 0.15) is 33.1 Å². The van der Waals surface area contributed by atoms with Crippen LogP contribution in [-0.2, 0) is 19.4 Å². The van der Waals surface area contributed by atoms with Crippen molar-refractivity contribution in [2.45, 2.75) is 38.0 Å². The van der Waals surface area contributed by atoms with Crippen LogP contribution in [0.4, 0.5) is 10.1 Å². The molecule has 1 amide bonds. The highest BCUT2D eigenvalue weighted by Gasteiger charge is 2.37. The molecule has 0 unspecified atom stereocenters. The number of hydrogen-bond acceptors (Lipinski definition) is 4. The van der Waals surface area contributed by atoms with Crippen LogP contribution in [0.3, 0.4) is 0 Å². The zero-order valence-electron chi connectivity index (χ0n) is 13.2. The highest BCUT2D eigenvalue weighted by atomic mass is 32.2. The van der Waals surface area contributed by atoms with Crippen molar-refractivity contribution in [3.8, 4) is 0 Å². The van der Waals surface area contributed by atoms with E-state index in [0.717, 1.165) is 24.5 Å². The van der Waals surface area contributed by atoms with Gasteiger partial charge in [-0.15, -0.1) is 0 Å². The Balaban J connectivity index is 3.04. The summed E-state index contributed by atoms with van der Waals surface area (Å²) in [6.07, 6.45) is 1.14. The summed E-state index contributed by atoms with van der Waals surface area (Å²) >= 11 is 0. The van der Waals surface area contributed by atoms with Gasteiger partial charge in [0.2, 0.25) is 5.91 Å². The highest BCUT2D eigenvalue weighted by Crippen LogP contribution is 2.31. The zero-order valence-corrected chi connectivity index (χ0v) is 14.0. The molecule has 0 heterocycles. The molecule has 0 saturated carbocycles. The van der Waals surface area contributed by atoms with Crippen LogP contribution < -0.4 is 5.32 Å². The van der Waals surface area contributed by atoms with Gasteiger partial charge in [-0.05, 0) is 31.0 Å². The average molecular weight is 345 g/mol. The summed E-state index contributed by atoms with van der Waals surface area (Å²) < 4.78 is 36.7. The number of nitrogens with one attached hydrogen (secondary N) is 1. The van der Waals surface area contributed by atoms with Gasteiger partial charge >= 0.3 is 5.97 Å². The lowest BCUT2D eigenvalue weighted by molar-refractivity contribution is -0.151. The lowest BCUT2D eigenvalue weighted by atomic mass is 9.79. The van der Waals surface area contributed by atoms with Gasteiger partial charge in [-0.3, -0.25) is 9.59 Å². The predicted molar refractivity (Wildman–Crippen MR) is 83.4 cm³/mol. The van der Waals surface area contributed by atoms with Gasteiger partial charge in [-0.25, -0.2) is 12.8 Å². The maximum absolute atomic E-state index is 13.7. The van der Waals surface area contributed by atoms with Crippen LogP contribution in [0.5, 0.6) is 0 Å². The van der Waals surface area contributed by atoms with Gasteiger partial charge in [-0.1, -0.05) is 13.8 Å².